The normalized spacial score (nSPS) is 22.9. The number of pyridine rings is 1. The summed E-state index contributed by atoms with van der Waals surface area (Å²) in [6.07, 6.45) is 3.18. The number of hydrogen-bond donors (Lipinski definition) is 0. The third-order valence-corrected chi connectivity index (χ3v) is 3.33. The molecule has 0 N–H and O–H groups in total. The van der Waals surface area contributed by atoms with Gasteiger partial charge in [0.2, 0.25) is 0 Å². The summed E-state index contributed by atoms with van der Waals surface area (Å²) in [7, 11) is 1.38. The van der Waals surface area contributed by atoms with Crippen molar-refractivity contribution in [3.8, 4) is 0 Å². The number of methoxy groups -OCH3 is 1. The lowest BCUT2D eigenvalue weighted by Crippen LogP contribution is -2.30. The molecule has 2 atom stereocenters. The van der Waals surface area contributed by atoms with Crippen molar-refractivity contribution in [3.63, 3.8) is 0 Å². The first-order valence-corrected chi connectivity index (χ1v) is 5.90. The van der Waals surface area contributed by atoms with Crippen molar-refractivity contribution in [2.24, 2.45) is 11.8 Å². The van der Waals surface area contributed by atoms with Crippen molar-refractivity contribution in [3.05, 3.63) is 30.1 Å². The molecule has 5 nitrogen and oxygen atoms in total. The zero-order valence-electron chi connectivity index (χ0n) is 10.5. The highest BCUT2D eigenvalue weighted by Gasteiger charge is 2.37. The van der Waals surface area contributed by atoms with Gasteiger partial charge in [-0.25, -0.2) is 0 Å². The van der Waals surface area contributed by atoms with Gasteiger partial charge in [0.15, 0.2) is 0 Å². The van der Waals surface area contributed by atoms with Gasteiger partial charge in [0.05, 0.1) is 13.0 Å². The van der Waals surface area contributed by atoms with Crippen LogP contribution in [0.3, 0.4) is 0 Å². The molecule has 5 heteroatoms. The first kappa shape index (κ1) is 12.5. The van der Waals surface area contributed by atoms with E-state index < -0.39 is 0 Å². The third-order valence-electron chi connectivity index (χ3n) is 3.33. The van der Waals surface area contributed by atoms with Gasteiger partial charge in [-0.1, -0.05) is 6.92 Å². The van der Waals surface area contributed by atoms with Gasteiger partial charge in [-0.15, -0.1) is 0 Å². The molecule has 1 saturated heterocycles. The van der Waals surface area contributed by atoms with Crippen molar-refractivity contribution >= 4 is 11.9 Å². The van der Waals surface area contributed by atoms with Crippen molar-refractivity contribution < 1.29 is 14.3 Å². The van der Waals surface area contributed by atoms with Gasteiger partial charge in [-0.2, -0.15) is 0 Å². The van der Waals surface area contributed by atoms with Crippen LogP contribution in [-0.2, 0) is 9.53 Å². The lowest BCUT2D eigenvalue weighted by atomic mass is 9.99. The van der Waals surface area contributed by atoms with Gasteiger partial charge >= 0.3 is 5.97 Å². The molecule has 0 aliphatic carbocycles. The molecule has 18 heavy (non-hydrogen) atoms. The topological polar surface area (TPSA) is 59.5 Å². The van der Waals surface area contributed by atoms with Crippen LogP contribution in [0.1, 0.15) is 17.3 Å². The Morgan fingerprint density at radius 3 is 2.61 bits per heavy atom. The fourth-order valence-electron chi connectivity index (χ4n) is 2.27. The van der Waals surface area contributed by atoms with E-state index in [4.69, 9.17) is 4.74 Å². The fourth-order valence-corrected chi connectivity index (χ4v) is 2.27. The van der Waals surface area contributed by atoms with Crippen LogP contribution in [0.4, 0.5) is 0 Å². The lowest BCUT2D eigenvalue weighted by Gasteiger charge is -2.15. The van der Waals surface area contributed by atoms with E-state index in [1.165, 1.54) is 7.11 Å². The Hall–Kier alpha value is -1.91. The van der Waals surface area contributed by atoms with Crippen molar-refractivity contribution in [1.29, 1.82) is 0 Å². The summed E-state index contributed by atoms with van der Waals surface area (Å²) in [6.45, 7) is 2.97. The number of amides is 1. The molecule has 0 radical (unpaired) electrons. The summed E-state index contributed by atoms with van der Waals surface area (Å²) < 4.78 is 4.75. The van der Waals surface area contributed by atoms with E-state index in [2.05, 4.69) is 4.98 Å². The van der Waals surface area contributed by atoms with Crippen LogP contribution >= 0.6 is 0 Å². The van der Waals surface area contributed by atoms with Crippen LogP contribution in [0.25, 0.3) is 0 Å². The minimum absolute atomic E-state index is 0.0596. The molecule has 1 aliphatic rings. The quantitative estimate of drug-likeness (QED) is 0.731. The first-order valence-electron chi connectivity index (χ1n) is 5.90. The minimum Gasteiger partial charge on any atom is -0.469 e. The molecule has 96 valence electrons. The number of likely N-dealkylation sites (tertiary alicyclic amines) is 1. The summed E-state index contributed by atoms with van der Waals surface area (Å²) in [5.74, 6) is -0.396. The number of carbonyl (C=O) groups is 2. The number of ether oxygens (including phenoxy) is 1. The van der Waals surface area contributed by atoms with Crippen LogP contribution in [0, 0.1) is 11.8 Å². The van der Waals surface area contributed by atoms with Crippen molar-refractivity contribution in [2.45, 2.75) is 6.92 Å². The highest BCUT2D eigenvalue weighted by atomic mass is 16.5. The number of aromatic nitrogens is 1. The molecule has 0 saturated carbocycles. The number of carbonyl (C=O) groups excluding carboxylic acids is 2. The molecule has 0 aromatic carbocycles. The zero-order chi connectivity index (χ0) is 13.1. The largest absolute Gasteiger partial charge is 0.469 e. The van der Waals surface area contributed by atoms with Gasteiger partial charge < -0.3 is 9.64 Å². The number of rotatable bonds is 2. The van der Waals surface area contributed by atoms with Crippen LogP contribution in [0.2, 0.25) is 0 Å². The summed E-state index contributed by atoms with van der Waals surface area (Å²) in [5, 5.41) is 0. The number of nitrogens with zero attached hydrogens (tertiary/aromatic N) is 2. The SMILES string of the molecule is COC(=O)C1CN(C(=O)c2ccncc2)CC1C. The molecule has 1 aromatic heterocycles. The Bertz CT molecular complexity index is 447. The molecule has 1 fully saturated rings. The number of hydrogen-bond acceptors (Lipinski definition) is 4. The van der Waals surface area contributed by atoms with Crippen molar-refractivity contribution in [1.82, 2.24) is 9.88 Å². The van der Waals surface area contributed by atoms with Crippen molar-refractivity contribution in [2.75, 3.05) is 20.2 Å². The highest BCUT2D eigenvalue weighted by molar-refractivity contribution is 5.94. The van der Waals surface area contributed by atoms with Gasteiger partial charge in [0.25, 0.3) is 5.91 Å². The van der Waals surface area contributed by atoms with Gasteiger partial charge in [-0.05, 0) is 18.1 Å². The molecule has 0 spiro atoms. The summed E-state index contributed by atoms with van der Waals surface area (Å²) >= 11 is 0. The molecular formula is C13H16N2O3. The van der Waals surface area contributed by atoms with E-state index in [9.17, 15) is 9.59 Å². The zero-order valence-corrected chi connectivity index (χ0v) is 10.5. The second kappa shape index (κ2) is 5.16. The van der Waals surface area contributed by atoms with E-state index >= 15 is 0 Å². The Morgan fingerprint density at radius 1 is 1.33 bits per heavy atom. The van der Waals surface area contributed by atoms with Crippen LogP contribution in [0.5, 0.6) is 0 Å². The first-order chi connectivity index (χ1) is 8.63. The minimum atomic E-state index is -0.243. The fraction of sp³-hybridized carbons (Fsp3) is 0.462. The lowest BCUT2D eigenvalue weighted by molar-refractivity contribution is -0.146. The molecule has 1 aliphatic heterocycles. The average molecular weight is 248 g/mol. The van der Waals surface area contributed by atoms with E-state index in [-0.39, 0.29) is 23.7 Å². The predicted octanol–water partition coefficient (Wildman–Crippen LogP) is 0.963. The second-order valence-electron chi connectivity index (χ2n) is 4.55. The molecule has 2 heterocycles. The Morgan fingerprint density at radius 2 is 2.00 bits per heavy atom. The average Bonchev–Trinajstić information content (AvgIpc) is 2.80. The standard InChI is InChI=1S/C13H16N2O3/c1-9-7-15(8-11(9)13(17)18-2)12(16)10-3-5-14-6-4-10/h3-6,9,11H,7-8H2,1-2H3. The van der Waals surface area contributed by atoms with E-state index in [0.29, 0.717) is 18.7 Å². The smallest absolute Gasteiger partial charge is 0.310 e. The monoisotopic (exact) mass is 248 g/mol. The summed E-state index contributed by atoms with van der Waals surface area (Å²) in [6, 6.07) is 3.36. The number of esters is 1. The van der Waals surface area contributed by atoms with Crippen LogP contribution < -0.4 is 0 Å². The molecule has 2 unspecified atom stereocenters. The molecule has 2 rings (SSSR count). The maximum Gasteiger partial charge on any atom is 0.310 e. The van der Waals surface area contributed by atoms with Gasteiger partial charge in [-0.3, -0.25) is 14.6 Å². The van der Waals surface area contributed by atoms with Gasteiger partial charge in [0, 0.05) is 31.0 Å². The van der Waals surface area contributed by atoms with Crippen LogP contribution in [-0.4, -0.2) is 42.0 Å². The Labute approximate surface area is 106 Å². The molecule has 1 amide bonds. The summed E-state index contributed by atoms with van der Waals surface area (Å²) in [5.41, 5.74) is 0.600. The Kier molecular flexibility index (Phi) is 3.60. The maximum absolute atomic E-state index is 12.2. The molecular weight excluding hydrogens is 232 g/mol. The van der Waals surface area contributed by atoms with Crippen LogP contribution in [0.15, 0.2) is 24.5 Å². The molecule has 0 bridgehead atoms. The summed E-state index contributed by atoms with van der Waals surface area (Å²) in [4.78, 5) is 29.3. The van der Waals surface area contributed by atoms with E-state index in [1.54, 1.807) is 29.4 Å². The van der Waals surface area contributed by atoms with Gasteiger partial charge in [0.1, 0.15) is 0 Å². The highest BCUT2D eigenvalue weighted by Crippen LogP contribution is 2.25. The predicted molar refractivity (Wildman–Crippen MR) is 64.8 cm³/mol. The van der Waals surface area contributed by atoms with E-state index in [0.717, 1.165) is 0 Å². The third kappa shape index (κ3) is 2.34. The molecule has 1 aromatic rings. The van der Waals surface area contributed by atoms with E-state index in [1.807, 2.05) is 6.92 Å². The maximum atomic E-state index is 12.2. The second-order valence-corrected chi connectivity index (χ2v) is 4.55. The Balaban J connectivity index is 2.09.